The molecule has 0 radical (unpaired) electrons. The van der Waals surface area contributed by atoms with E-state index in [4.69, 9.17) is 0 Å². The molecule has 0 aromatic carbocycles. The molecule has 3 rings (SSSR count). The Kier molecular flexibility index (Phi) is 5.40. The van der Waals surface area contributed by atoms with Crippen molar-refractivity contribution in [2.45, 2.75) is 26.2 Å². The first-order chi connectivity index (χ1) is 11.6. The fourth-order valence-corrected chi connectivity index (χ4v) is 3.27. The van der Waals surface area contributed by atoms with Gasteiger partial charge >= 0.3 is 0 Å². The Hall–Kier alpha value is -2.02. The Bertz CT molecular complexity index is 589. The largest absolute Gasteiger partial charge is 0.341 e. The third-order valence-corrected chi connectivity index (χ3v) is 4.73. The van der Waals surface area contributed by atoms with Crippen molar-refractivity contribution in [3.63, 3.8) is 0 Å². The van der Waals surface area contributed by atoms with Gasteiger partial charge in [0, 0.05) is 51.9 Å². The second kappa shape index (κ2) is 7.70. The van der Waals surface area contributed by atoms with Gasteiger partial charge in [0.05, 0.1) is 11.9 Å². The van der Waals surface area contributed by atoms with Gasteiger partial charge in [-0.25, -0.2) is 4.98 Å². The lowest BCUT2D eigenvalue weighted by Crippen LogP contribution is -2.39. The molecule has 7 nitrogen and oxygen atoms in total. The topological polar surface area (TPSA) is 69.6 Å². The maximum absolute atomic E-state index is 12.5. The minimum Gasteiger partial charge on any atom is -0.341 e. The summed E-state index contributed by atoms with van der Waals surface area (Å²) in [4.78, 5) is 38.7. The Morgan fingerprint density at radius 3 is 2.62 bits per heavy atom. The van der Waals surface area contributed by atoms with Crippen LogP contribution >= 0.6 is 0 Å². The van der Waals surface area contributed by atoms with Crippen molar-refractivity contribution >= 4 is 11.8 Å². The number of nitrogens with zero attached hydrogens (tertiary/aromatic N) is 5. The number of amides is 2. The van der Waals surface area contributed by atoms with Crippen LogP contribution in [0.2, 0.25) is 0 Å². The van der Waals surface area contributed by atoms with E-state index in [-0.39, 0.29) is 11.8 Å². The Morgan fingerprint density at radius 1 is 1.04 bits per heavy atom. The SMILES string of the molecule is Cc1cnc(C(=O)N2CCCN(CCN3CCCC3=O)CC2)cn1. The van der Waals surface area contributed by atoms with Crippen LogP contribution in [0.15, 0.2) is 12.4 Å². The normalized spacial score (nSPS) is 19.6. The smallest absolute Gasteiger partial charge is 0.274 e. The summed E-state index contributed by atoms with van der Waals surface area (Å²) < 4.78 is 0. The summed E-state index contributed by atoms with van der Waals surface area (Å²) >= 11 is 0. The number of hydrogen-bond acceptors (Lipinski definition) is 5. The molecule has 2 fully saturated rings. The van der Waals surface area contributed by atoms with Crippen molar-refractivity contribution in [3.05, 3.63) is 23.8 Å². The van der Waals surface area contributed by atoms with E-state index in [1.165, 1.54) is 0 Å². The molecule has 0 unspecified atom stereocenters. The third-order valence-electron chi connectivity index (χ3n) is 4.73. The van der Waals surface area contributed by atoms with Gasteiger partial charge < -0.3 is 9.80 Å². The molecule has 0 N–H and O–H groups in total. The maximum Gasteiger partial charge on any atom is 0.274 e. The number of rotatable bonds is 4. The van der Waals surface area contributed by atoms with Crippen molar-refractivity contribution in [1.29, 1.82) is 0 Å². The Morgan fingerprint density at radius 2 is 1.92 bits per heavy atom. The van der Waals surface area contributed by atoms with E-state index in [9.17, 15) is 9.59 Å². The fraction of sp³-hybridized carbons (Fsp3) is 0.647. The lowest BCUT2D eigenvalue weighted by molar-refractivity contribution is -0.127. The maximum atomic E-state index is 12.5. The molecule has 0 saturated carbocycles. The van der Waals surface area contributed by atoms with E-state index in [1.54, 1.807) is 12.4 Å². The van der Waals surface area contributed by atoms with Gasteiger partial charge in [-0.15, -0.1) is 0 Å². The molecule has 0 bridgehead atoms. The molecule has 2 amide bonds. The minimum absolute atomic E-state index is 0.0425. The highest BCUT2D eigenvalue weighted by Crippen LogP contribution is 2.11. The predicted octanol–water partition coefficient (Wildman–Crippen LogP) is 0.555. The van der Waals surface area contributed by atoms with Crippen molar-refractivity contribution in [1.82, 2.24) is 24.7 Å². The van der Waals surface area contributed by atoms with Crippen molar-refractivity contribution in [2.24, 2.45) is 0 Å². The van der Waals surface area contributed by atoms with Crippen LogP contribution in [0.5, 0.6) is 0 Å². The highest BCUT2D eigenvalue weighted by atomic mass is 16.2. The molecule has 1 aromatic heterocycles. The van der Waals surface area contributed by atoms with Gasteiger partial charge in [-0.1, -0.05) is 0 Å². The van der Waals surface area contributed by atoms with E-state index in [0.29, 0.717) is 18.7 Å². The molecule has 2 aliphatic heterocycles. The van der Waals surface area contributed by atoms with E-state index in [2.05, 4.69) is 14.9 Å². The van der Waals surface area contributed by atoms with Crippen LogP contribution in [0.1, 0.15) is 35.4 Å². The number of carbonyl (C=O) groups is 2. The van der Waals surface area contributed by atoms with Gasteiger partial charge in [-0.3, -0.25) is 19.5 Å². The van der Waals surface area contributed by atoms with Gasteiger partial charge in [0.15, 0.2) is 0 Å². The summed E-state index contributed by atoms with van der Waals surface area (Å²) in [7, 11) is 0. The number of hydrogen-bond donors (Lipinski definition) is 0. The third kappa shape index (κ3) is 4.08. The Balaban J connectivity index is 1.50. The molecule has 2 aliphatic rings. The Labute approximate surface area is 142 Å². The minimum atomic E-state index is -0.0425. The number of aromatic nitrogens is 2. The predicted molar refractivity (Wildman–Crippen MR) is 89.5 cm³/mol. The standard InChI is InChI=1S/C17H25N5O2/c1-14-12-19-15(13-18-14)17(24)22-7-3-5-20(9-11-22)8-10-21-6-2-4-16(21)23/h12-13H,2-11H2,1H3. The van der Waals surface area contributed by atoms with E-state index in [1.807, 2.05) is 16.7 Å². The lowest BCUT2D eigenvalue weighted by Gasteiger charge is -2.24. The molecule has 130 valence electrons. The average molecular weight is 331 g/mol. The van der Waals surface area contributed by atoms with Crippen LogP contribution in [0.3, 0.4) is 0 Å². The van der Waals surface area contributed by atoms with Crippen LogP contribution in [0, 0.1) is 6.92 Å². The zero-order valence-electron chi connectivity index (χ0n) is 14.3. The van der Waals surface area contributed by atoms with Gasteiger partial charge in [0.2, 0.25) is 5.91 Å². The van der Waals surface area contributed by atoms with Crippen molar-refractivity contribution < 1.29 is 9.59 Å². The van der Waals surface area contributed by atoms with Gasteiger partial charge in [0.1, 0.15) is 5.69 Å². The zero-order chi connectivity index (χ0) is 16.9. The summed E-state index contributed by atoms with van der Waals surface area (Å²) in [5, 5.41) is 0. The molecule has 2 saturated heterocycles. The van der Waals surface area contributed by atoms with Gasteiger partial charge in [-0.2, -0.15) is 0 Å². The van der Waals surface area contributed by atoms with Crippen LogP contribution in [-0.2, 0) is 4.79 Å². The molecule has 7 heteroatoms. The van der Waals surface area contributed by atoms with Gasteiger partial charge in [0.25, 0.3) is 5.91 Å². The van der Waals surface area contributed by atoms with Gasteiger partial charge in [-0.05, 0) is 26.3 Å². The van der Waals surface area contributed by atoms with Crippen LogP contribution < -0.4 is 0 Å². The molecule has 0 spiro atoms. The average Bonchev–Trinajstić information content (AvgIpc) is 2.85. The summed E-state index contributed by atoms with van der Waals surface area (Å²) in [6, 6.07) is 0. The number of likely N-dealkylation sites (tertiary alicyclic amines) is 1. The van der Waals surface area contributed by atoms with Crippen molar-refractivity contribution in [2.75, 3.05) is 45.8 Å². The van der Waals surface area contributed by atoms with Crippen LogP contribution in [0.25, 0.3) is 0 Å². The van der Waals surface area contributed by atoms with E-state index in [0.717, 1.165) is 57.8 Å². The molecule has 24 heavy (non-hydrogen) atoms. The first-order valence-electron chi connectivity index (χ1n) is 8.71. The number of aryl methyl sites for hydroxylation is 1. The first-order valence-corrected chi connectivity index (χ1v) is 8.71. The van der Waals surface area contributed by atoms with Crippen LogP contribution in [-0.4, -0.2) is 82.3 Å². The molecule has 0 aliphatic carbocycles. The second-order valence-corrected chi connectivity index (χ2v) is 6.51. The first kappa shape index (κ1) is 16.8. The highest BCUT2D eigenvalue weighted by Gasteiger charge is 2.23. The number of carbonyl (C=O) groups excluding carboxylic acids is 2. The molecule has 0 atom stereocenters. The fourth-order valence-electron chi connectivity index (χ4n) is 3.27. The molecular formula is C17H25N5O2. The second-order valence-electron chi connectivity index (χ2n) is 6.51. The molecule has 1 aromatic rings. The summed E-state index contributed by atoms with van der Waals surface area (Å²) in [6.07, 6.45) is 5.81. The molecule has 3 heterocycles. The monoisotopic (exact) mass is 331 g/mol. The van der Waals surface area contributed by atoms with Crippen molar-refractivity contribution in [3.8, 4) is 0 Å². The zero-order valence-corrected chi connectivity index (χ0v) is 14.3. The highest BCUT2D eigenvalue weighted by molar-refractivity contribution is 5.92. The quantitative estimate of drug-likeness (QED) is 0.806. The summed E-state index contributed by atoms with van der Waals surface area (Å²) in [5.74, 6) is 0.235. The van der Waals surface area contributed by atoms with E-state index >= 15 is 0 Å². The lowest BCUT2D eigenvalue weighted by atomic mass is 10.3. The summed E-state index contributed by atoms with van der Waals surface area (Å²) in [6.45, 7) is 7.68. The van der Waals surface area contributed by atoms with E-state index < -0.39 is 0 Å². The van der Waals surface area contributed by atoms with Crippen LogP contribution in [0.4, 0.5) is 0 Å². The molecular weight excluding hydrogens is 306 g/mol. The summed E-state index contributed by atoms with van der Waals surface area (Å²) in [5.41, 5.74) is 1.22.